The lowest BCUT2D eigenvalue weighted by Gasteiger charge is -2.38. The number of benzene rings is 3. The van der Waals surface area contributed by atoms with Gasteiger partial charge in [0.05, 0.1) is 13.1 Å². The molecule has 44 heavy (non-hydrogen) atoms. The second-order valence-corrected chi connectivity index (χ2v) is 11.7. The predicted molar refractivity (Wildman–Crippen MR) is 161 cm³/mol. The SMILES string of the molecule is Nc1ccc([C@H]2C[C@@H]2C(=O)CCc2cc3cc(-c4ccc(C(=O)N5CC(F)(F)C5)cc4)cc(-c4ccc(F)cc4)c3o2)cn1. The Hall–Kier alpha value is -4.92. The summed E-state index contributed by atoms with van der Waals surface area (Å²) < 4.78 is 46.5. The van der Waals surface area contributed by atoms with E-state index in [1.54, 1.807) is 48.7 Å². The molecule has 3 heterocycles. The van der Waals surface area contributed by atoms with Gasteiger partial charge in [0.1, 0.15) is 28.8 Å². The van der Waals surface area contributed by atoms with Crippen LogP contribution in [0.5, 0.6) is 0 Å². The smallest absolute Gasteiger partial charge is 0.282 e. The fraction of sp³-hybridized carbons (Fsp3) is 0.229. The molecule has 1 saturated heterocycles. The van der Waals surface area contributed by atoms with E-state index >= 15 is 0 Å². The molecule has 0 spiro atoms. The quantitative estimate of drug-likeness (QED) is 0.204. The summed E-state index contributed by atoms with van der Waals surface area (Å²) in [4.78, 5) is 30.8. The molecule has 0 unspecified atom stereocenters. The first-order valence-corrected chi connectivity index (χ1v) is 14.5. The summed E-state index contributed by atoms with van der Waals surface area (Å²) in [7, 11) is 0. The molecule has 2 aromatic heterocycles. The summed E-state index contributed by atoms with van der Waals surface area (Å²) in [5.41, 5.74) is 10.9. The molecule has 0 bridgehead atoms. The van der Waals surface area contributed by atoms with Crippen LogP contribution in [0.15, 0.2) is 89.5 Å². The van der Waals surface area contributed by atoms with Crippen LogP contribution in [0.4, 0.5) is 19.0 Å². The van der Waals surface area contributed by atoms with Crippen LogP contribution in [0.25, 0.3) is 33.2 Å². The number of carbonyl (C=O) groups excluding carboxylic acids is 2. The summed E-state index contributed by atoms with van der Waals surface area (Å²) in [6.45, 7) is -1.14. The number of nitrogens with two attached hydrogens (primary N) is 1. The third-order valence-corrected chi connectivity index (χ3v) is 8.48. The Morgan fingerprint density at radius 1 is 0.932 bits per heavy atom. The van der Waals surface area contributed by atoms with Gasteiger partial charge in [-0.3, -0.25) is 9.59 Å². The van der Waals surface area contributed by atoms with Gasteiger partial charge in [-0.05, 0) is 83.1 Å². The molecule has 2 fully saturated rings. The Labute approximate surface area is 251 Å². The number of halogens is 3. The zero-order chi connectivity index (χ0) is 30.6. The maximum atomic E-state index is 13.8. The fourth-order valence-electron chi connectivity index (χ4n) is 5.97. The molecule has 5 aromatic rings. The van der Waals surface area contributed by atoms with Crippen LogP contribution in [0.1, 0.15) is 40.4 Å². The van der Waals surface area contributed by atoms with E-state index in [2.05, 4.69) is 4.98 Å². The van der Waals surface area contributed by atoms with Gasteiger partial charge in [0.15, 0.2) is 0 Å². The Morgan fingerprint density at radius 2 is 1.66 bits per heavy atom. The minimum Gasteiger partial charge on any atom is -0.460 e. The largest absolute Gasteiger partial charge is 0.460 e. The first kappa shape index (κ1) is 27.9. The second kappa shape index (κ2) is 10.7. The highest BCUT2D eigenvalue weighted by atomic mass is 19.3. The average Bonchev–Trinajstić information content (AvgIpc) is 3.70. The van der Waals surface area contributed by atoms with Crippen LogP contribution < -0.4 is 5.73 Å². The van der Waals surface area contributed by atoms with Gasteiger partial charge in [-0.15, -0.1) is 0 Å². The summed E-state index contributed by atoms with van der Waals surface area (Å²) in [6.07, 6.45) is 3.33. The standard InChI is InChI=1S/C35H28F3N3O3/c36-26-8-5-21(6-9-26)29-15-24(20-1-3-22(4-2-20)34(43)41-18-35(37,38)19-41)13-25-14-27(44-33(25)29)10-11-31(42)30-16-28(30)23-7-12-32(39)40-17-23/h1-9,12-15,17,28,30H,10-11,16,18-19H2,(H2,39,40)/t28-,30+/m1/s1. The van der Waals surface area contributed by atoms with Crippen LogP contribution in [-0.2, 0) is 11.2 Å². The Balaban J connectivity index is 1.13. The van der Waals surface area contributed by atoms with Crippen LogP contribution >= 0.6 is 0 Å². The van der Waals surface area contributed by atoms with Gasteiger partial charge in [0, 0.05) is 41.5 Å². The first-order valence-electron chi connectivity index (χ1n) is 14.5. The number of carbonyl (C=O) groups is 2. The van der Waals surface area contributed by atoms with Crippen LogP contribution in [0.2, 0.25) is 0 Å². The van der Waals surface area contributed by atoms with Gasteiger partial charge in [-0.1, -0.05) is 30.3 Å². The summed E-state index contributed by atoms with van der Waals surface area (Å²) in [6, 6.07) is 22.5. The maximum Gasteiger partial charge on any atom is 0.282 e. The van der Waals surface area contributed by atoms with Crippen molar-refractivity contribution in [2.75, 3.05) is 18.8 Å². The van der Waals surface area contributed by atoms with Gasteiger partial charge in [-0.25, -0.2) is 18.2 Å². The van der Waals surface area contributed by atoms with Crippen molar-refractivity contribution in [3.05, 3.63) is 108 Å². The molecule has 1 aliphatic carbocycles. The van der Waals surface area contributed by atoms with Crippen molar-refractivity contribution in [3.63, 3.8) is 0 Å². The number of pyridine rings is 1. The zero-order valence-corrected chi connectivity index (χ0v) is 23.6. The molecule has 3 aromatic carbocycles. The fourth-order valence-corrected chi connectivity index (χ4v) is 5.97. The minimum absolute atomic E-state index is 0.0291. The third-order valence-electron chi connectivity index (χ3n) is 8.48. The Bertz CT molecular complexity index is 1880. The normalized spacial score (nSPS) is 18.7. The molecule has 7 rings (SSSR count). The van der Waals surface area contributed by atoms with Crippen LogP contribution in [-0.4, -0.2) is 40.6 Å². The van der Waals surface area contributed by atoms with E-state index in [0.717, 1.165) is 44.5 Å². The van der Waals surface area contributed by atoms with E-state index in [9.17, 15) is 22.8 Å². The number of nitrogens with zero attached hydrogens (tertiary/aromatic N) is 2. The highest BCUT2D eigenvalue weighted by Crippen LogP contribution is 2.48. The maximum absolute atomic E-state index is 13.8. The molecule has 1 aliphatic heterocycles. The predicted octanol–water partition coefficient (Wildman–Crippen LogP) is 7.28. The number of hydrogen-bond donors (Lipinski definition) is 1. The van der Waals surface area contributed by atoms with E-state index < -0.39 is 24.9 Å². The zero-order valence-electron chi connectivity index (χ0n) is 23.6. The van der Waals surface area contributed by atoms with Crippen molar-refractivity contribution in [2.24, 2.45) is 5.92 Å². The number of aromatic nitrogens is 1. The molecule has 2 N–H and O–H groups in total. The highest BCUT2D eigenvalue weighted by Gasteiger charge is 2.46. The number of ketones is 1. The number of aryl methyl sites for hydroxylation is 1. The molecule has 1 amide bonds. The van der Waals surface area contributed by atoms with Gasteiger partial charge in [0.2, 0.25) is 0 Å². The number of fused-ring (bicyclic) bond motifs is 1. The lowest BCUT2D eigenvalue weighted by atomic mass is 9.96. The van der Waals surface area contributed by atoms with Gasteiger partial charge in [0.25, 0.3) is 11.8 Å². The number of amides is 1. The highest BCUT2D eigenvalue weighted by molar-refractivity contribution is 5.98. The third kappa shape index (κ3) is 5.45. The van der Waals surface area contributed by atoms with Crippen LogP contribution in [0.3, 0.4) is 0 Å². The van der Waals surface area contributed by atoms with Crippen LogP contribution in [0, 0.1) is 11.7 Å². The molecule has 1 saturated carbocycles. The number of furan rings is 1. The molecule has 0 radical (unpaired) electrons. The van der Waals surface area contributed by atoms with E-state index in [0.29, 0.717) is 35.6 Å². The summed E-state index contributed by atoms with van der Waals surface area (Å²) >= 11 is 0. The van der Waals surface area contributed by atoms with E-state index in [4.69, 9.17) is 10.2 Å². The van der Waals surface area contributed by atoms with E-state index in [1.807, 2.05) is 24.3 Å². The van der Waals surface area contributed by atoms with Gasteiger partial charge in [-0.2, -0.15) is 0 Å². The summed E-state index contributed by atoms with van der Waals surface area (Å²) in [5.74, 6) is -2.15. The van der Waals surface area contributed by atoms with Gasteiger partial charge < -0.3 is 15.1 Å². The minimum atomic E-state index is -2.83. The number of rotatable bonds is 8. The second-order valence-electron chi connectivity index (χ2n) is 11.7. The van der Waals surface area contributed by atoms with Crippen molar-refractivity contribution in [3.8, 4) is 22.3 Å². The monoisotopic (exact) mass is 595 g/mol. The van der Waals surface area contributed by atoms with E-state index in [-0.39, 0.29) is 23.4 Å². The Morgan fingerprint density at radius 3 is 2.34 bits per heavy atom. The van der Waals surface area contributed by atoms with Crippen molar-refractivity contribution in [1.29, 1.82) is 0 Å². The van der Waals surface area contributed by atoms with Gasteiger partial charge >= 0.3 is 0 Å². The van der Waals surface area contributed by atoms with E-state index in [1.165, 1.54) is 12.1 Å². The number of hydrogen-bond acceptors (Lipinski definition) is 5. The molecule has 2 aliphatic rings. The molecular weight excluding hydrogens is 567 g/mol. The number of alkyl halides is 2. The topological polar surface area (TPSA) is 89.4 Å². The molecule has 9 heteroatoms. The lowest BCUT2D eigenvalue weighted by molar-refractivity contribution is -0.120. The Kier molecular flexibility index (Phi) is 6.76. The molecule has 6 nitrogen and oxygen atoms in total. The van der Waals surface area contributed by atoms with Crippen molar-refractivity contribution >= 4 is 28.5 Å². The molecular formula is C35H28F3N3O3. The first-order chi connectivity index (χ1) is 21.1. The average molecular weight is 596 g/mol. The molecule has 2 atom stereocenters. The number of nitrogen functional groups attached to an aromatic ring is 1. The number of Topliss-reactive ketones (excluding diaryl/α,β-unsaturated/α-hetero) is 1. The number of likely N-dealkylation sites (tertiary alicyclic amines) is 1. The molecule has 222 valence electrons. The van der Waals surface area contributed by atoms with Crippen molar-refractivity contribution in [1.82, 2.24) is 9.88 Å². The van der Waals surface area contributed by atoms with Crippen molar-refractivity contribution < 1.29 is 27.2 Å². The van der Waals surface area contributed by atoms with Crippen molar-refractivity contribution in [2.45, 2.75) is 31.1 Å². The summed E-state index contributed by atoms with van der Waals surface area (Å²) in [5, 5.41) is 0.824. The number of anilines is 1. The lowest BCUT2D eigenvalue weighted by Crippen LogP contribution is -2.58.